The van der Waals surface area contributed by atoms with Crippen molar-refractivity contribution in [1.29, 1.82) is 0 Å². The number of benzene rings is 2. The number of anilines is 1. The lowest BCUT2D eigenvalue weighted by atomic mass is 10.2. The first-order chi connectivity index (χ1) is 11.4. The minimum Gasteiger partial charge on any atom is -0.379 e. The second-order valence-electron chi connectivity index (χ2n) is 4.92. The third-order valence-corrected chi connectivity index (χ3v) is 5.15. The van der Waals surface area contributed by atoms with Crippen molar-refractivity contribution in [3.8, 4) is 0 Å². The van der Waals surface area contributed by atoms with Gasteiger partial charge in [0.25, 0.3) is 5.69 Å². The Morgan fingerprint density at radius 3 is 2.50 bits per heavy atom. The average molecular weight is 367 g/mol. The number of nitro groups is 1. The Morgan fingerprint density at radius 2 is 1.88 bits per heavy atom. The van der Waals surface area contributed by atoms with E-state index in [4.69, 9.17) is 5.14 Å². The molecule has 0 radical (unpaired) electrons. The van der Waals surface area contributed by atoms with Gasteiger partial charge in [0.1, 0.15) is 5.69 Å². The highest BCUT2D eigenvalue weighted by Gasteiger charge is 2.18. The van der Waals surface area contributed by atoms with Crippen LogP contribution in [0.25, 0.3) is 0 Å². The number of hydrogen-bond acceptors (Lipinski definition) is 6. The SMILES string of the molecule is NS(=O)(=O)c1ccc(NCCCSc2ccccc2)c([N+](=O)[O-])c1. The third-order valence-electron chi connectivity index (χ3n) is 3.14. The van der Waals surface area contributed by atoms with Crippen molar-refractivity contribution in [3.05, 3.63) is 58.6 Å². The lowest BCUT2D eigenvalue weighted by molar-refractivity contribution is -0.384. The van der Waals surface area contributed by atoms with E-state index in [1.54, 1.807) is 11.8 Å². The Hall–Kier alpha value is -2.10. The summed E-state index contributed by atoms with van der Waals surface area (Å²) < 4.78 is 22.6. The number of hydrogen-bond donors (Lipinski definition) is 2. The van der Waals surface area contributed by atoms with Gasteiger partial charge < -0.3 is 5.32 Å². The predicted octanol–water partition coefficient (Wildman–Crippen LogP) is 2.84. The second-order valence-corrected chi connectivity index (χ2v) is 7.65. The van der Waals surface area contributed by atoms with Crippen LogP contribution in [0.15, 0.2) is 58.3 Å². The van der Waals surface area contributed by atoms with Gasteiger partial charge in [-0.15, -0.1) is 11.8 Å². The van der Waals surface area contributed by atoms with Gasteiger partial charge in [0.05, 0.1) is 9.82 Å². The van der Waals surface area contributed by atoms with Gasteiger partial charge in [-0.05, 0) is 36.4 Å². The highest BCUT2D eigenvalue weighted by molar-refractivity contribution is 7.99. The highest BCUT2D eigenvalue weighted by atomic mass is 32.2. The zero-order valence-electron chi connectivity index (χ0n) is 12.7. The van der Waals surface area contributed by atoms with Gasteiger partial charge in [0, 0.05) is 17.5 Å². The van der Waals surface area contributed by atoms with Crippen LogP contribution >= 0.6 is 11.8 Å². The zero-order valence-corrected chi connectivity index (χ0v) is 14.3. The molecule has 0 saturated heterocycles. The molecule has 0 spiro atoms. The van der Waals surface area contributed by atoms with Crippen LogP contribution in [0, 0.1) is 10.1 Å². The monoisotopic (exact) mass is 367 g/mol. The van der Waals surface area contributed by atoms with E-state index < -0.39 is 14.9 Å². The van der Waals surface area contributed by atoms with E-state index in [9.17, 15) is 18.5 Å². The molecule has 128 valence electrons. The fraction of sp³-hybridized carbons (Fsp3) is 0.200. The molecule has 9 heteroatoms. The summed E-state index contributed by atoms with van der Waals surface area (Å²) in [5.74, 6) is 0.861. The molecular weight excluding hydrogens is 350 g/mol. The summed E-state index contributed by atoms with van der Waals surface area (Å²) in [5, 5.41) is 19.1. The summed E-state index contributed by atoms with van der Waals surface area (Å²) in [6, 6.07) is 13.5. The van der Waals surface area contributed by atoms with Crippen LogP contribution in [0.1, 0.15) is 6.42 Å². The number of nitro benzene ring substituents is 1. The first-order valence-corrected chi connectivity index (χ1v) is 9.64. The van der Waals surface area contributed by atoms with Crippen LogP contribution in [-0.4, -0.2) is 25.6 Å². The van der Waals surface area contributed by atoms with Crippen molar-refractivity contribution in [2.24, 2.45) is 5.14 Å². The molecule has 2 aromatic carbocycles. The topological polar surface area (TPSA) is 115 Å². The minimum absolute atomic E-state index is 0.275. The average Bonchev–Trinajstić information content (AvgIpc) is 2.54. The predicted molar refractivity (Wildman–Crippen MR) is 94.7 cm³/mol. The molecule has 0 heterocycles. The first kappa shape index (κ1) is 18.2. The molecule has 2 rings (SSSR count). The molecule has 0 bridgehead atoms. The van der Waals surface area contributed by atoms with Crippen molar-refractivity contribution >= 4 is 33.2 Å². The quantitative estimate of drug-likeness (QED) is 0.321. The van der Waals surface area contributed by atoms with Crippen LogP contribution < -0.4 is 10.5 Å². The molecule has 0 fully saturated rings. The van der Waals surface area contributed by atoms with E-state index in [2.05, 4.69) is 5.32 Å². The maximum absolute atomic E-state index is 11.3. The number of nitrogens with one attached hydrogen (secondary N) is 1. The highest BCUT2D eigenvalue weighted by Crippen LogP contribution is 2.27. The number of thioether (sulfide) groups is 1. The Morgan fingerprint density at radius 1 is 1.17 bits per heavy atom. The van der Waals surface area contributed by atoms with Gasteiger partial charge in [-0.3, -0.25) is 10.1 Å². The number of nitrogens with two attached hydrogens (primary N) is 1. The van der Waals surface area contributed by atoms with Gasteiger partial charge in [0.2, 0.25) is 10.0 Å². The van der Waals surface area contributed by atoms with E-state index in [1.807, 2.05) is 30.3 Å². The normalized spacial score (nSPS) is 11.2. The number of rotatable bonds is 8. The molecule has 24 heavy (non-hydrogen) atoms. The molecule has 0 unspecified atom stereocenters. The van der Waals surface area contributed by atoms with Crippen LogP contribution in [-0.2, 0) is 10.0 Å². The summed E-state index contributed by atoms with van der Waals surface area (Å²) in [5.41, 5.74) is -0.0330. The zero-order chi connectivity index (χ0) is 17.6. The van der Waals surface area contributed by atoms with Crippen LogP contribution in [0.3, 0.4) is 0 Å². The van der Waals surface area contributed by atoms with Gasteiger partial charge in [-0.25, -0.2) is 13.6 Å². The second kappa shape index (κ2) is 8.13. The molecule has 0 saturated carbocycles. The largest absolute Gasteiger partial charge is 0.379 e. The van der Waals surface area contributed by atoms with Crippen LogP contribution in [0.5, 0.6) is 0 Å². The van der Waals surface area contributed by atoms with E-state index in [0.29, 0.717) is 6.54 Å². The lowest BCUT2D eigenvalue weighted by Gasteiger charge is -2.08. The third kappa shape index (κ3) is 5.22. The Labute approximate surface area is 144 Å². The van der Waals surface area contributed by atoms with E-state index >= 15 is 0 Å². The molecule has 0 atom stereocenters. The van der Waals surface area contributed by atoms with Gasteiger partial charge in [0.15, 0.2) is 0 Å². The van der Waals surface area contributed by atoms with Gasteiger partial charge in [-0.2, -0.15) is 0 Å². The molecule has 0 amide bonds. The summed E-state index contributed by atoms with van der Waals surface area (Å²) in [4.78, 5) is 11.4. The Bertz CT molecular complexity index is 811. The summed E-state index contributed by atoms with van der Waals surface area (Å²) >= 11 is 1.70. The summed E-state index contributed by atoms with van der Waals surface area (Å²) in [6.45, 7) is 0.537. The number of primary sulfonamides is 1. The van der Waals surface area contributed by atoms with Crippen molar-refractivity contribution in [3.63, 3.8) is 0 Å². The van der Waals surface area contributed by atoms with Gasteiger partial charge in [-0.1, -0.05) is 18.2 Å². The fourth-order valence-electron chi connectivity index (χ4n) is 1.99. The Kier molecular flexibility index (Phi) is 6.18. The van der Waals surface area contributed by atoms with Crippen molar-refractivity contribution in [2.75, 3.05) is 17.6 Å². The van der Waals surface area contributed by atoms with Crippen LogP contribution in [0.4, 0.5) is 11.4 Å². The summed E-state index contributed by atoms with van der Waals surface area (Å²) in [7, 11) is -3.97. The number of sulfonamides is 1. The van der Waals surface area contributed by atoms with E-state index in [-0.39, 0.29) is 16.3 Å². The molecule has 0 aliphatic heterocycles. The molecule has 0 aliphatic rings. The van der Waals surface area contributed by atoms with Crippen molar-refractivity contribution < 1.29 is 13.3 Å². The Balaban J connectivity index is 1.93. The molecular formula is C15H17N3O4S2. The molecule has 2 aromatic rings. The summed E-state index contributed by atoms with van der Waals surface area (Å²) in [6.07, 6.45) is 0.799. The van der Waals surface area contributed by atoms with Gasteiger partial charge >= 0.3 is 0 Å². The van der Waals surface area contributed by atoms with E-state index in [0.717, 1.165) is 18.2 Å². The molecule has 0 aromatic heterocycles. The first-order valence-electron chi connectivity index (χ1n) is 7.11. The standard InChI is InChI=1S/C15H17N3O4S2/c16-24(21,22)13-7-8-14(15(11-13)18(19)20)17-9-4-10-23-12-5-2-1-3-6-12/h1-3,5-8,11,17H,4,9-10H2,(H2,16,21,22). The van der Waals surface area contributed by atoms with Crippen molar-refractivity contribution in [1.82, 2.24) is 0 Å². The maximum atomic E-state index is 11.3. The molecule has 3 N–H and O–H groups in total. The van der Waals surface area contributed by atoms with Crippen molar-refractivity contribution in [2.45, 2.75) is 16.2 Å². The maximum Gasteiger partial charge on any atom is 0.293 e. The molecule has 7 nitrogen and oxygen atoms in total. The fourth-order valence-corrected chi connectivity index (χ4v) is 3.40. The lowest BCUT2D eigenvalue weighted by Crippen LogP contribution is -2.13. The van der Waals surface area contributed by atoms with E-state index in [1.165, 1.54) is 17.0 Å². The number of nitrogens with zero attached hydrogens (tertiary/aromatic N) is 1. The molecule has 0 aliphatic carbocycles. The van der Waals surface area contributed by atoms with Crippen LogP contribution in [0.2, 0.25) is 0 Å². The smallest absolute Gasteiger partial charge is 0.293 e. The minimum atomic E-state index is -3.97.